The van der Waals surface area contributed by atoms with E-state index in [1.54, 1.807) is 32.3 Å². The van der Waals surface area contributed by atoms with Gasteiger partial charge < -0.3 is 20.1 Å². The molecule has 0 saturated carbocycles. The van der Waals surface area contributed by atoms with Crippen molar-refractivity contribution in [3.63, 3.8) is 0 Å². The van der Waals surface area contributed by atoms with E-state index in [2.05, 4.69) is 20.2 Å². The van der Waals surface area contributed by atoms with Crippen LogP contribution in [0.5, 0.6) is 0 Å². The average molecular weight is 412 g/mol. The number of fused-ring (bicyclic) bond motifs is 1. The average Bonchev–Trinajstić information content (AvgIpc) is 2.74. The number of nitrogens with zero attached hydrogens (tertiary/aromatic N) is 4. The Hall–Kier alpha value is -2.58. The third-order valence-electron chi connectivity index (χ3n) is 5.92. The van der Waals surface area contributed by atoms with Crippen LogP contribution in [0.2, 0.25) is 0 Å². The maximum absolute atomic E-state index is 12.4. The van der Waals surface area contributed by atoms with E-state index in [9.17, 15) is 9.90 Å². The van der Waals surface area contributed by atoms with Crippen LogP contribution in [0.25, 0.3) is 11.3 Å². The number of anilines is 2. The lowest BCUT2D eigenvalue weighted by molar-refractivity contribution is -0.117. The van der Waals surface area contributed by atoms with Gasteiger partial charge in [-0.3, -0.25) is 9.78 Å². The molecule has 2 N–H and O–H groups in total. The molecule has 2 aliphatic heterocycles. The molecule has 4 heterocycles. The van der Waals surface area contributed by atoms with E-state index in [-0.39, 0.29) is 11.9 Å². The fourth-order valence-corrected chi connectivity index (χ4v) is 3.92. The molecule has 1 saturated heterocycles. The molecule has 2 aliphatic rings. The molecule has 8 nitrogen and oxygen atoms in total. The lowest BCUT2D eigenvalue weighted by atomic mass is 9.96. The van der Waals surface area contributed by atoms with Gasteiger partial charge >= 0.3 is 0 Å². The minimum atomic E-state index is -0.999. The predicted molar refractivity (Wildman–Crippen MR) is 114 cm³/mol. The molecule has 0 bridgehead atoms. The molecular formula is C22H29N5O3. The number of rotatable bonds is 5. The maximum atomic E-state index is 12.4. The molecule has 2 aromatic heterocycles. The largest absolute Gasteiger partial charge is 0.384 e. The fraction of sp³-hybridized carbons (Fsp3) is 0.545. The Morgan fingerprint density at radius 3 is 2.67 bits per heavy atom. The van der Waals surface area contributed by atoms with Gasteiger partial charge in [-0.15, -0.1) is 0 Å². The molecule has 1 amide bonds. The van der Waals surface area contributed by atoms with Crippen LogP contribution in [0.15, 0.2) is 24.5 Å². The second kappa shape index (κ2) is 8.28. The monoisotopic (exact) mass is 411 g/mol. The lowest BCUT2D eigenvalue weighted by Crippen LogP contribution is -2.48. The zero-order valence-electron chi connectivity index (χ0n) is 17.8. The molecule has 1 fully saturated rings. The number of aromatic nitrogens is 3. The first-order valence-corrected chi connectivity index (χ1v) is 10.5. The first kappa shape index (κ1) is 20.7. The number of amides is 1. The van der Waals surface area contributed by atoms with Crippen molar-refractivity contribution in [2.24, 2.45) is 5.92 Å². The predicted octanol–water partition coefficient (Wildman–Crippen LogP) is 2.73. The summed E-state index contributed by atoms with van der Waals surface area (Å²) in [6, 6.07) is 3.37. The van der Waals surface area contributed by atoms with Gasteiger partial charge in [0.25, 0.3) is 0 Å². The van der Waals surface area contributed by atoms with Crippen LogP contribution in [-0.2, 0) is 15.1 Å². The van der Waals surface area contributed by atoms with Crippen molar-refractivity contribution in [3.05, 3.63) is 30.2 Å². The van der Waals surface area contributed by atoms with Crippen molar-refractivity contribution in [2.75, 3.05) is 30.0 Å². The Kier molecular flexibility index (Phi) is 5.71. The van der Waals surface area contributed by atoms with E-state index in [1.165, 1.54) is 0 Å². The highest BCUT2D eigenvalue weighted by atomic mass is 16.5. The van der Waals surface area contributed by atoms with E-state index in [0.29, 0.717) is 28.9 Å². The summed E-state index contributed by atoms with van der Waals surface area (Å²) in [6.45, 7) is 7.68. The second-order valence-corrected chi connectivity index (χ2v) is 8.62. The van der Waals surface area contributed by atoms with Crippen molar-refractivity contribution in [2.45, 2.75) is 51.7 Å². The first-order valence-electron chi connectivity index (χ1n) is 10.5. The standard InChI is InChI=1S/C22H29N5O3/c1-14-21(28)26-19-20(27(14)9-6-15-7-10-30-11-8-15)25-17(13-24-19)16-4-5-18(23-12-16)22(2,3)29/h4-5,12-15,29H,6-11H2,1-3H3,(H,24,26,28)/t14-/m0/s1. The van der Waals surface area contributed by atoms with E-state index >= 15 is 0 Å². The van der Waals surface area contributed by atoms with Gasteiger partial charge in [0, 0.05) is 31.5 Å². The van der Waals surface area contributed by atoms with Crippen LogP contribution >= 0.6 is 0 Å². The lowest BCUT2D eigenvalue weighted by Gasteiger charge is -2.36. The molecule has 0 aliphatic carbocycles. The van der Waals surface area contributed by atoms with Gasteiger partial charge in [0.05, 0.1) is 17.6 Å². The van der Waals surface area contributed by atoms with Crippen LogP contribution in [0.1, 0.15) is 45.7 Å². The molecule has 1 atom stereocenters. The van der Waals surface area contributed by atoms with E-state index in [1.807, 2.05) is 13.0 Å². The van der Waals surface area contributed by atoms with Crippen molar-refractivity contribution in [1.82, 2.24) is 15.0 Å². The summed E-state index contributed by atoms with van der Waals surface area (Å²) in [5.41, 5.74) is 1.09. The molecule has 30 heavy (non-hydrogen) atoms. The second-order valence-electron chi connectivity index (χ2n) is 8.62. The highest BCUT2D eigenvalue weighted by Gasteiger charge is 2.32. The topological polar surface area (TPSA) is 100 Å². The third-order valence-corrected chi connectivity index (χ3v) is 5.92. The zero-order valence-corrected chi connectivity index (χ0v) is 17.8. The molecule has 0 radical (unpaired) electrons. The normalized spacial score (nSPS) is 20.1. The number of hydrogen-bond donors (Lipinski definition) is 2. The Morgan fingerprint density at radius 1 is 1.23 bits per heavy atom. The number of carbonyl (C=O) groups is 1. The summed E-state index contributed by atoms with van der Waals surface area (Å²) in [7, 11) is 0. The number of pyridine rings is 1. The van der Waals surface area contributed by atoms with Gasteiger partial charge in [-0.25, -0.2) is 9.97 Å². The summed E-state index contributed by atoms with van der Waals surface area (Å²) in [4.78, 5) is 28.1. The summed E-state index contributed by atoms with van der Waals surface area (Å²) in [5.74, 6) is 1.73. The SMILES string of the molecule is C[C@H]1C(=O)Nc2ncc(-c3ccc(C(C)(C)O)nc3)nc2N1CCC1CCOCC1. The van der Waals surface area contributed by atoms with Gasteiger partial charge in [0.1, 0.15) is 11.6 Å². The van der Waals surface area contributed by atoms with Crippen molar-refractivity contribution in [3.8, 4) is 11.3 Å². The van der Waals surface area contributed by atoms with Crippen molar-refractivity contribution < 1.29 is 14.6 Å². The third kappa shape index (κ3) is 4.29. The number of nitrogens with one attached hydrogen (secondary N) is 1. The first-order chi connectivity index (χ1) is 14.3. The van der Waals surface area contributed by atoms with Crippen LogP contribution in [0, 0.1) is 5.92 Å². The zero-order chi connectivity index (χ0) is 21.3. The molecule has 2 aromatic rings. The summed E-state index contributed by atoms with van der Waals surface area (Å²) >= 11 is 0. The van der Waals surface area contributed by atoms with Crippen LogP contribution in [0.4, 0.5) is 11.6 Å². The molecule has 4 rings (SSSR count). The number of hydrogen-bond acceptors (Lipinski definition) is 7. The number of aliphatic hydroxyl groups is 1. The van der Waals surface area contributed by atoms with Crippen LogP contribution in [0.3, 0.4) is 0 Å². The molecule has 0 spiro atoms. The van der Waals surface area contributed by atoms with Gasteiger partial charge in [-0.05, 0) is 58.1 Å². The maximum Gasteiger partial charge on any atom is 0.248 e. The number of carbonyl (C=O) groups excluding carboxylic acids is 1. The summed E-state index contributed by atoms with van der Waals surface area (Å²) < 4.78 is 5.46. The Bertz CT molecular complexity index is 904. The molecule has 8 heteroatoms. The molecule has 160 valence electrons. The van der Waals surface area contributed by atoms with E-state index in [4.69, 9.17) is 9.72 Å². The quantitative estimate of drug-likeness (QED) is 0.780. The minimum absolute atomic E-state index is 0.0623. The Labute approximate surface area is 176 Å². The van der Waals surface area contributed by atoms with Gasteiger partial charge in [-0.1, -0.05) is 0 Å². The van der Waals surface area contributed by atoms with Crippen molar-refractivity contribution in [1.29, 1.82) is 0 Å². The van der Waals surface area contributed by atoms with Gasteiger partial charge in [0.2, 0.25) is 5.91 Å². The van der Waals surface area contributed by atoms with Gasteiger partial charge in [0.15, 0.2) is 11.6 Å². The van der Waals surface area contributed by atoms with Crippen LogP contribution < -0.4 is 10.2 Å². The fourth-order valence-electron chi connectivity index (χ4n) is 3.92. The van der Waals surface area contributed by atoms with Crippen LogP contribution in [-0.4, -0.2) is 51.8 Å². The molecular weight excluding hydrogens is 382 g/mol. The van der Waals surface area contributed by atoms with E-state index in [0.717, 1.165) is 44.6 Å². The van der Waals surface area contributed by atoms with Gasteiger partial charge in [-0.2, -0.15) is 0 Å². The number of ether oxygens (including phenoxy) is 1. The molecule has 0 unspecified atom stereocenters. The smallest absolute Gasteiger partial charge is 0.248 e. The molecule has 0 aromatic carbocycles. The summed E-state index contributed by atoms with van der Waals surface area (Å²) in [5, 5.41) is 13.0. The Morgan fingerprint density at radius 2 is 2.00 bits per heavy atom. The van der Waals surface area contributed by atoms with Crippen molar-refractivity contribution >= 4 is 17.5 Å². The highest BCUT2D eigenvalue weighted by Crippen LogP contribution is 2.32. The van der Waals surface area contributed by atoms with E-state index < -0.39 is 5.60 Å². The minimum Gasteiger partial charge on any atom is -0.384 e. The Balaban J connectivity index is 1.59. The highest BCUT2D eigenvalue weighted by molar-refractivity contribution is 6.01. The summed E-state index contributed by atoms with van der Waals surface area (Å²) in [6.07, 6.45) is 6.46.